The number of aliphatic hydroxyl groups excluding tert-OH is 2. The number of hydroxylamine groups is 1. The Kier molecular flexibility index (Phi) is 11.3. The lowest BCUT2D eigenvalue weighted by Crippen LogP contribution is -2.48. The molecule has 0 aromatic heterocycles. The van der Waals surface area contributed by atoms with Crippen molar-refractivity contribution in [3.05, 3.63) is 35.9 Å². The van der Waals surface area contributed by atoms with E-state index >= 15 is 0 Å². The molecule has 2 unspecified atom stereocenters. The number of ether oxygens (including phenoxy) is 2. The van der Waals surface area contributed by atoms with E-state index in [1.807, 2.05) is 37.3 Å². The van der Waals surface area contributed by atoms with Gasteiger partial charge in [-0.2, -0.15) is 0 Å². The molecule has 1 aliphatic carbocycles. The van der Waals surface area contributed by atoms with Crippen LogP contribution in [0.2, 0.25) is 0 Å². The zero-order valence-corrected chi connectivity index (χ0v) is 17.7. The van der Waals surface area contributed by atoms with E-state index in [2.05, 4.69) is 5.32 Å². The Morgan fingerprint density at radius 2 is 1.87 bits per heavy atom. The van der Waals surface area contributed by atoms with Crippen molar-refractivity contribution in [1.82, 2.24) is 10.8 Å². The quantitative estimate of drug-likeness (QED) is 0.141. The first-order chi connectivity index (χ1) is 14.5. The molecule has 1 saturated carbocycles. The van der Waals surface area contributed by atoms with E-state index in [1.54, 1.807) is 5.48 Å². The summed E-state index contributed by atoms with van der Waals surface area (Å²) in [6.07, 6.45) is 2.63. The zero-order chi connectivity index (χ0) is 21.8. The van der Waals surface area contributed by atoms with E-state index in [-0.39, 0.29) is 31.5 Å². The number of hydrogen-bond acceptors (Lipinski definition) is 7. The van der Waals surface area contributed by atoms with Gasteiger partial charge in [-0.1, -0.05) is 30.3 Å². The van der Waals surface area contributed by atoms with Crippen LogP contribution in [-0.2, 0) is 20.7 Å². The monoisotopic (exact) mass is 424 g/mol. The summed E-state index contributed by atoms with van der Waals surface area (Å²) < 4.78 is 10.8. The van der Waals surface area contributed by atoms with Crippen LogP contribution in [0.5, 0.6) is 0 Å². The fraction of sp³-hybridized carbons (Fsp3) is 0.682. The summed E-state index contributed by atoms with van der Waals surface area (Å²) >= 11 is 0. The number of nitrogens with one attached hydrogen (secondary N) is 2. The van der Waals surface area contributed by atoms with Crippen LogP contribution < -0.4 is 10.8 Å². The SMILES string of the molecule is CCOCOCC(C[C@H](Cc1ccccc1)C(=O)NO)NC(O)C1CCC(O)CC1. The molecule has 0 heterocycles. The molecule has 0 spiro atoms. The van der Waals surface area contributed by atoms with Crippen molar-refractivity contribution in [2.24, 2.45) is 11.8 Å². The van der Waals surface area contributed by atoms with Gasteiger partial charge in [0.1, 0.15) is 13.0 Å². The van der Waals surface area contributed by atoms with Gasteiger partial charge in [-0.25, -0.2) is 5.48 Å². The van der Waals surface area contributed by atoms with E-state index in [0.717, 1.165) is 18.4 Å². The Labute approximate surface area is 178 Å². The molecule has 2 rings (SSSR count). The normalized spacial score (nSPS) is 22.3. The highest BCUT2D eigenvalue weighted by molar-refractivity contribution is 5.77. The number of aliphatic hydroxyl groups is 2. The molecule has 0 radical (unpaired) electrons. The van der Waals surface area contributed by atoms with E-state index < -0.39 is 18.1 Å². The van der Waals surface area contributed by atoms with Crippen LogP contribution in [0.4, 0.5) is 0 Å². The van der Waals surface area contributed by atoms with Crippen molar-refractivity contribution >= 4 is 5.91 Å². The second-order valence-corrected chi connectivity index (χ2v) is 7.96. The maximum atomic E-state index is 12.3. The minimum atomic E-state index is -0.757. The molecule has 5 N–H and O–H groups in total. The minimum absolute atomic E-state index is 0.0435. The molecule has 3 atom stereocenters. The molecule has 8 heteroatoms. The fourth-order valence-corrected chi connectivity index (χ4v) is 3.93. The van der Waals surface area contributed by atoms with Crippen LogP contribution >= 0.6 is 0 Å². The van der Waals surface area contributed by atoms with Crippen LogP contribution in [0, 0.1) is 11.8 Å². The first kappa shape index (κ1) is 24.7. The highest BCUT2D eigenvalue weighted by atomic mass is 16.7. The van der Waals surface area contributed by atoms with Crippen molar-refractivity contribution in [1.29, 1.82) is 0 Å². The molecule has 1 aromatic carbocycles. The molecule has 8 nitrogen and oxygen atoms in total. The Bertz CT molecular complexity index is 595. The Morgan fingerprint density at radius 3 is 2.50 bits per heavy atom. The summed E-state index contributed by atoms with van der Waals surface area (Å²) in [7, 11) is 0. The Hall–Kier alpha value is -1.55. The zero-order valence-electron chi connectivity index (χ0n) is 17.7. The van der Waals surface area contributed by atoms with Gasteiger partial charge < -0.3 is 19.7 Å². The van der Waals surface area contributed by atoms with Crippen molar-refractivity contribution < 1.29 is 29.7 Å². The van der Waals surface area contributed by atoms with Crippen LogP contribution in [0.25, 0.3) is 0 Å². The molecule has 0 saturated heterocycles. The lowest BCUT2D eigenvalue weighted by atomic mass is 9.85. The number of rotatable bonds is 13. The molecule has 0 bridgehead atoms. The number of hydrogen-bond donors (Lipinski definition) is 5. The summed E-state index contributed by atoms with van der Waals surface area (Å²) in [5.74, 6) is -0.918. The van der Waals surface area contributed by atoms with Gasteiger partial charge in [0.2, 0.25) is 5.91 Å². The summed E-state index contributed by atoms with van der Waals surface area (Å²) in [4.78, 5) is 12.3. The maximum absolute atomic E-state index is 12.3. The predicted molar refractivity (Wildman–Crippen MR) is 112 cm³/mol. The number of carbonyl (C=O) groups excluding carboxylic acids is 1. The minimum Gasteiger partial charge on any atom is -0.393 e. The Balaban J connectivity index is 2.01. The highest BCUT2D eigenvalue weighted by Gasteiger charge is 2.29. The Morgan fingerprint density at radius 1 is 1.17 bits per heavy atom. The predicted octanol–water partition coefficient (Wildman–Crippen LogP) is 1.58. The standard InChI is InChI=1S/C22H36N2O6/c1-2-29-15-30-14-19(23-21(26)17-8-10-20(25)11-9-17)13-18(22(27)24-28)12-16-6-4-3-5-7-16/h3-7,17-21,23,25-26,28H,2,8-15H2,1H3,(H,24,27)/t17?,18-,19?,20?,21?/m0/s1. The first-order valence-corrected chi connectivity index (χ1v) is 10.8. The molecule has 1 aliphatic rings. The van der Waals surface area contributed by atoms with Gasteiger partial charge in [0.25, 0.3) is 0 Å². The third-order valence-corrected chi connectivity index (χ3v) is 5.66. The molecule has 1 aromatic rings. The topological polar surface area (TPSA) is 120 Å². The van der Waals surface area contributed by atoms with E-state index in [0.29, 0.717) is 32.3 Å². The van der Waals surface area contributed by atoms with Gasteiger partial charge >= 0.3 is 0 Å². The third kappa shape index (κ3) is 8.67. The van der Waals surface area contributed by atoms with Gasteiger partial charge in [-0.15, -0.1) is 0 Å². The molecular formula is C22H36N2O6. The van der Waals surface area contributed by atoms with Gasteiger partial charge in [-0.05, 0) is 56.9 Å². The van der Waals surface area contributed by atoms with Crippen molar-refractivity contribution in [2.45, 2.75) is 63.8 Å². The van der Waals surface area contributed by atoms with Crippen LogP contribution in [0.3, 0.4) is 0 Å². The van der Waals surface area contributed by atoms with E-state index in [9.17, 15) is 20.2 Å². The maximum Gasteiger partial charge on any atom is 0.246 e. The number of carbonyl (C=O) groups is 1. The average Bonchev–Trinajstić information content (AvgIpc) is 2.76. The summed E-state index contributed by atoms with van der Waals surface area (Å²) in [5.41, 5.74) is 2.75. The second kappa shape index (κ2) is 13.7. The summed E-state index contributed by atoms with van der Waals surface area (Å²) in [6, 6.07) is 9.30. The highest BCUT2D eigenvalue weighted by Crippen LogP contribution is 2.27. The van der Waals surface area contributed by atoms with Crippen molar-refractivity contribution in [2.75, 3.05) is 20.0 Å². The lowest BCUT2D eigenvalue weighted by molar-refractivity contribution is -0.134. The molecule has 1 fully saturated rings. The van der Waals surface area contributed by atoms with Crippen molar-refractivity contribution in [3.63, 3.8) is 0 Å². The molecular weight excluding hydrogens is 388 g/mol. The average molecular weight is 425 g/mol. The number of benzene rings is 1. The van der Waals surface area contributed by atoms with Crippen LogP contribution in [-0.4, -0.2) is 59.7 Å². The van der Waals surface area contributed by atoms with Gasteiger partial charge in [0.05, 0.1) is 12.7 Å². The van der Waals surface area contributed by atoms with Gasteiger partial charge in [0, 0.05) is 18.6 Å². The van der Waals surface area contributed by atoms with Crippen LogP contribution in [0.1, 0.15) is 44.6 Å². The third-order valence-electron chi connectivity index (χ3n) is 5.66. The first-order valence-electron chi connectivity index (χ1n) is 10.8. The lowest BCUT2D eigenvalue weighted by Gasteiger charge is -2.33. The number of amides is 1. The van der Waals surface area contributed by atoms with Gasteiger partial charge in [-0.3, -0.25) is 15.3 Å². The van der Waals surface area contributed by atoms with Gasteiger partial charge in [0.15, 0.2) is 0 Å². The fourth-order valence-electron chi connectivity index (χ4n) is 3.93. The van der Waals surface area contributed by atoms with Crippen LogP contribution in [0.15, 0.2) is 30.3 Å². The molecule has 1 amide bonds. The van der Waals surface area contributed by atoms with Crippen molar-refractivity contribution in [3.8, 4) is 0 Å². The summed E-state index contributed by atoms with van der Waals surface area (Å²) in [5, 5.41) is 32.8. The molecule has 170 valence electrons. The van der Waals surface area contributed by atoms with E-state index in [4.69, 9.17) is 9.47 Å². The molecule has 30 heavy (non-hydrogen) atoms. The van der Waals surface area contributed by atoms with E-state index in [1.165, 1.54) is 0 Å². The second-order valence-electron chi connectivity index (χ2n) is 7.96. The molecule has 0 aliphatic heterocycles. The largest absolute Gasteiger partial charge is 0.393 e. The smallest absolute Gasteiger partial charge is 0.246 e. The summed E-state index contributed by atoms with van der Waals surface area (Å²) in [6.45, 7) is 2.81.